The van der Waals surface area contributed by atoms with Gasteiger partial charge in [-0.1, -0.05) is 24.3 Å². The predicted octanol–water partition coefficient (Wildman–Crippen LogP) is 4.80. The van der Waals surface area contributed by atoms with Crippen molar-refractivity contribution in [3.8, 4) is 5.75 Å². The van der Waals surface area contributed by atoms with Crippen LogP contribution in [0.15, 0.2) is 48.5 Å². The molecule has 2 N–H and O–H groups in total. The van der Waals surface area contributed by atoms with Gasteiger partial charge in [-0.15, -0.1) is 0 Å². The molecule has 162 valence electrons. The summed E-state index contributed by atoms with van der Waals surface area (Å²) in [4.78, 5) is 24.2. The lowest BCUT2D eigenvalue weighted by atomic mass is 10.1. The molecule has 2 rings (SSSR count). The van der Waals surface area contributed by atoms with Crippen LogP contribution in [0.4, 0.5) is 13.6 Å². The largest absolute Gasteiger partial charge is 0.444 e. The summed E-state index contributed by atoms with van der Waals surface area (Å²) in [6.07, 6.45) is -0.517. The Morgan fingerprint density at radius 3 is 2.33 bits per heavy atom. The Bertz CT molecular complexity index is 864. The Morgan fingerprint density at radius 1 is 1.07 bits per heavy atom. The maximum absolute atomic E-state index is 12.5. The maximum atomic E-state index is 12.5. The maximum Gasteiger partial charge on any atom is 0.407 e. The average Bonchev–Trinajstić information content (AvgIpc) is 2.65. The molecule has 0 heterocycles. The highest BCUT2D eigenvalue weighted by atomic mass is 19.3. The number of alkyl carbamates (subject to hydrolysis) is 1. The first kappa shape index (κ1) is 23.1. The van der Waals surface area contributed by atoms with E-state index in [4.69, 9.17) is 4.74 Å². The van der Waals surface area contributed by atoms with Gasteiger partial charge in [0, 0.05) is 12.1 Å². The van der Waals surface area contributed by atoms with Gasteiger partial charge < -0.3 is 20.1 Å². The average molecular weight is 420 g/mol. The zero-order valence-electron chi connectivity index (χ0n) is 17.4. The van der Waals surface area contributed by atoms with Crippen LogP contribution in [0, 0.1) is 0 Å². The molecule has 0 saturated carbocycles. The van der Waals surface area contributed by atoms with Gasteiger partial charge in [0.25, 0.3) is 5.91 Å². The van der Waals surface area contributed by atoms with Crippen molar-refractivity contribution in [3.63, 3.8) is 0 Å². The third kappa shape index (κ3) is 7.69. The number of benzene rings is 2. The summed E-state index contributed by atoms with van der Waals surface area (Å²) >= 11 is 0. The lowest BCUT2D eigenvalue weighted by Crippen LogP contribution is -2.32. The molecule has 2 aromatic rings. The molecule has 2 amide bonds. The Kier molecular flexibility index (Phi) is 7.74. The zero-order chi connectivity index (χ0) is 22.3. The van der Waals surface area contributed by atoms with Crippen LogP contribution in [-0.2, 0) is 11.3 Å². The molecule has 0 spiro atoms. The molecule has 0 bridgehead atoms. The molecule has 0 aromatic heterocycles. The lowest BCUT2D eigenvalue weighted by molar-refractivity contribution is -0.0499. The molecule has 1 unspecified atom stereocenters. The van der Waals surface area contributed by atoms with Gasteiger partial charge in [-0.2, -0.15) is 8.78 Å². The van der Waals surface area contributed by atoms with E-state index in [1.807, 2.05) is 0 Å². The summed E-state index contributed by atoms with van der Waals surface area (Å²) in [6, 6.07) is 12.5. The molecule has 1 atom stereocenters. The van der Waals surface area contributed by atoms with E-state index >= 15 is 0 Å². The minimum atomic E-state index is -2.91. The number of amides is 2. The van der Waals surface area contributed by atoms with Gasteiger partial charge in [0.1, 0.15) is 11.4 Å². The van der Waals surface area contributed by atoms with Gasteiger partial charge in [0.05, 0.1) is 6.04 Å². The number of hydrogen-bond donors (Lipinski definition) is 2. The summed E-state index contributed by atoms with van der Waals surface area (Å²) in [5.41, 5.74) is 1.30. The molecule has 0 aliphatic carbocycles. The predicted molar refractivity (Wildman–Crippen MR) is 108 cm³/mol. The first-order valence-corrected chi connectivity index (χ1v) is 9.45. The summed E-state index contributed by atoms with van der Waals surface area (Å²) in [7, 11) is 0. The Morgan fingerprint density at radius 2 is 1.73 bits per heavy atom. The SMILES string of the molecule is CC(NC(=O)c1ccc(CNC(=O)OC(C)(C)C)cc1)c1cccc(OC(F)F)c1. The summed E-state index contributed by atoms with van der Waals surface area (Å²) < 4.78 is 34.3. The highest BCUT2D eigenvalue weighted by Crippen LogP contribution is 2.21. The molecule has 30 heavy (non-hydrogen) atoms. The number of carbonyl (C=O) groups excluding carboxylic acids is 2. The van der Waals surface area contributed by atoms with Crippen LogP contribution in [0.3, 0.4) is 0 Å². The van der Waals surface area contributed by atoms with E-state index < -0.39 is 24.3 Å². The van der Waals surface area contributed by atoms with E-state index in [0.717, 1.165) is 5.56 Å². The summed E-state index contributed by atoms with van der Waals surface area (Å²) in [5, 5.41) is 5.47. The minimum absolute atomic E-state index is 0.0328. The molecule has 6 nitrogen and oxygen atoms in total. The topological polar surface area (TPSA) is 76.7 Å². The molecule has 0 fully saturated rings. The molecule has 8 heteroatoms. The fraction of sp³-hybridized carbons (Fsp3) is 0.364. The lowest BCUT2D eigenvalue weighted by Gasteiger charge is -2.19. The number of alkyl halides is 2. The summed E-state index contributed by atoms with van der Waals surface area (Å²) in [6.45, 7) is 4.45. The smallest absolute Gasteiger partial charge is 0.407 e. The van der Waals surface area contributed by atoms with Crippen molar-refractivity contribution in [2.45, 2.75) is 52.5 Å². The number of rotatable bonds is 7. The quantitative estimate of drug-likeness (QED) is 0.674. The summed E-state index contributed by atoms with van der Waals surface area (Å²) in [5.74, 6) is -0.278. The molecule has 0 radical (unpaired) electrons. The number of ether oxygens (including phenoxy) is 2. The second-order valence-corrected chi connectivity index (χ2v) is 7.70. The zero-order valence-corrected chi connectivity index (χ0v) is 17.4. The van der Waals surface area contributed by atoms with Crippen molar-refractivity contribution < 1.29 is 27.8 Å². The fourth-order valence-corrected chi connectivity index (χ4v) is 2.59. The number of carbonyl (C=O) groups is 2. The van der Waals surface area contributed by atoms with Gasteiger partial charge in [-0.05, 0) is 63.1 Å². The standard InChI is InChI=1S/C22H26F2N2O4/c1-14(17-6-5-7-18(12-17)29-20(23)24)26-19(27)16-10-8-15(9-11-16)13-25-21(28)30-22(2,3)4/h5-12,14,20H,13H2,1-4H3,(H,25,28)(H,26,27). The van der Waals surface area contributed by atoms with Crippen molar-refractivity contribution in [3.05, 3.63) is 65.2 Å². The van der Waals surface area contributed by atoms with Crippen LogP contribution in [0.1, 0.15) is 55.2 Å². The normalized spacial score (nSPS) is 12.2. The van der Waals surface area contributed by atoms with Crippen LogP contribution in [0.25, 0.3) is 0 Å². The number of halogens is 2. The van der Waals surface area contributed by atoms with Crippen molar-refractivity contribution in [1.82, 2.24) is 10.6 Å². The van der Waals surface area contributed by atoms with Gasteiger partial charge in [0.15, 0.2) is 0 Å². The number of hydrogen-bond acceptors (Lipinski definition) is 4. The Hall–Kier alpha value is -3.16. The van der Waals surface area contributed by atoms with E-state index in [1.165, 1.54) is 12.1 Å². The molecular weight excluding hydrogens is 394 g/mol. The van der Waals surface area contributed by atoms with E-state index in [0.29, 0.717) is 11.1 Å². The first-order chi connectivity index (χ1) is 14.0. The van der Waals surface area contributed by atoms with Crippen LogP contribution < -0.4 is 15.4 Å². The van der Waals surface area contributed by atoms with Crippen LogP contribution in [-0.4, -0.2) is 24.2 Å². The van der Waals surface area contributed by atoms with E-state index in [2.05, 4.69) is 15.4 Å². The molecular formula is C22H26F2N2O4. The van der Waals surface area contributed by atoms with Crippen molar-refractivity contribution >= 4 is 12.0 Å². The number of nitrogens with one attached hydrogen (secondary N) is 2. The molecule has 0 saturated heterocycles. The molecule has 2 aromatic carbocycles. The third-order valence-corrected chi connectivity index (χ3v) is 3.98. The van der Waals surface area contributed by atoms with Crippen LogP contribution in [0.2, 0.25) is 0 Å². The Balaban J connectivity index is 1.92. The fourth-order valence-electron chi connectivity index (χ4n) is 2.59. The van der Waals surface area contributed by atoms with Gasteiger partial charge >= 0.3 is 12.7 Å². The van der Waals surface area contributed by atoms with E-state index in [1.54, 1.807) is 64.1 Å². The van der Waals surface area contributed by atoms with Crippen molar-refractivity contribution in [2.75, 3.05) is 0 Å². The van der Waals surface area contributed by atoms with Crippen LogP contribution in [0.5, 0.6) is 5.75 Å². The highest BCUT2D eigenvalue weighted by Gasteiger charge is 2.16. The van der Waals surface area contributed by atoms with Crippen molar-refractivity contribution in [1.29, 1.82) is 0 Å². The van der Waals surface area contributed by atoms with Gasteiger partial charge in [0.2, 0.25) is 0 Å². The monoisotopic (exact) mass is 420 g/mol. The van der Waals surface area contributed by atoms with Crippen molar-refractivity contribution in [2.24, 2.45) is 0 Å². The third-order valence-electron chi connectivity index (χ3n) is 3.98. The van der Waals surface area contributed by atoms with E-state index in [-0.39, 0.29) is 18.2 Å². The first-order valence-electron chi connectivity index (χ1n) is 9.45. The van der Waals surface area contributed by atoms with Gasteiger partial charge in [-0.3, -0.25) is 4.79 Å². The second-order valence-electron chi connectivity index (χ2n) is 7.70. The molecule has 0 aliphatic rings. The molecule has 0 aliphatic heterocycles. The highest BCUT2D eigenvalue weighted by molar-refractivity contribution is 5.94. The van der Waals surface area contributed by atoms with E-state index in [9.17, 15) is 18.4 Å². The Labute approximate surface area is 174 Å². The second kappa shape index (κ2) is 10.0. The minimum Gasteiger partial charge on any atom is -0.444 e. The van der Waals surface area contributed by atoms with Crippen LogP contribution >= 0.6 is 0 Å². The van der Waals surface area contributed by atoms with Gasteiger partial charge in [-0.25, -0.2) is 4.79 Å².